The first-order valence-corrected chi connectivity index (χ1v) is 20.3. The molecule has 9 aromatic rings. The van der Waals surface area contributed by atoms with Crippen molar-refractivity contribution in [2.45, 2.75) is 37.0 Å². The highest BCUT2D eigenvalue weighted by Crippen LogP contribution is 2.57. The molecule has 8 aromatic carbocycles. The van der Waals surface area contributed by atoms with E-state index in [-0.39, 0.29) is 11.3 Å². The first kappa shape index (κ1) is 32.4. The molecule has 1 heteroatoms. The Kier molecular flexibility index (Phi) is 7.22. The minimum absolute atomic E-state index is 0.0230. The molecule has 0 N–H and O–H groups in total. The molecule has 0 nitrogen and oxygen atoms in total. The van der Waals surface area contributed by atoms with Crippen molar-refractivity contribution in [2.24, 2.45) is 0 Å². The molecule has 0 amide bonds. The Hall–Kier alpha value is -6.02. The highest BCUT2D eigenvalue weighted by Gasteiger charge is 2.46. The molecule has 55 heavy (non-hydrogen) atoms. The fourth-order valence-corrected chi connectivity index (χ4v) is 11.7. The molecule has 0 saturated carbocycles. The second-order valence-corrected chi connectivity index (χ2v) is 17.0. The third-order valence-electron chi connectivity index (χ3n) is 12.8. The van der Waals surface area contributed by atoms with E-state index in [1.54, 1.807) is 0 Å². The highest BCUT2D eigenvalue weighted by atomic mass is 32.1. The van der Waals surface area contributed by atoms with E-state index in [1.807, 2.05) is 11.3 Å². The van der Waals surface area contributed by atoms with Gasteiger partial charge in [0.15, 0.2) is 0 Å². The molecule has 1 unspecified atom stereocenters. The van der Waals surface area contributed by atoms with E-state index in [1.165, 1.54) is 92.5 Å². The summed E-state index contributed by atoms with van der Waals surface area (Å²) in [6.07, 6.45) is 0.931. The molecule has 0 fully saturated rings. The lowest BCUT2D eigenvalue weighted by Gasteiger charge is -2.33. The second kappa shape index (κ2) is 12.2. The van der Waals surface area contributed by atoms with Crippen LogP contribution in [0, 0.1) is 0 Å². The topological polar surface area (TPSA) is 0 Å². The number of hydrogen-bond acceptors (Lipinski definition) is 1. The number of hydrogen-bond donors (Lipinski definition) is 0. The SMILES string of the molecule is CC1(C)c2ccccc2-c2c(CC(c3ccccc3)c3cccc4c3sc3cc(C5(c6ccccc6)c6ccccc6-c6ccccc65)ccc34)cccc21. The maximum atomic E-state index is 2.51. The fraction of sp³-hybridized carbons (Fsp3) is 0.111. The summed E-state index contributed by atoms with van der Waals surface area (Å²) >= 11 is 1.97. The van der Waals surface area contributed by atoms with Gasteiger partial charge in [0.1, 0.15) is 0 Å². The van der Waals surface area contributed by atoms with Crippen molar-refractivity contribution in [2.75, 3.05) is 0 Å². The van der Waals surface area contributed by atoms with Crippen molar-refractivity contribution in [3.8, 4) is 22.3 Å². The van der Waals surface area contributed by atoms with Gasteiger partial charge in [-0.1, -0.05) is 196 Å². The summed E-state index contributed by atoms with van der Waals surface area (Å²) in [6, 6.07) is 70.8. The minimum Gasteiger partial charge on any atom is -0.135 e. The molecule has 262 valence electrons. The van der Waals surface area contributed by atoms with Crippen LogP contribution in [0.15, 0.2) is 188 Å². The van der Waals surface area contributed by atoms with Gasteiger partial charge in [0, 0.05) is 31.5 Å². The summed E-state index contributed by atoms with van der Waals surface area (Å²) in [5.74, 6) is 0.198. The van der Waals surface area contributed by atoms with Crippen LogP contribution in [0.4, 0.5) is 0 Å². The van der Waals surface area contributed by atoms with E-state index >= 15 is 0 Å². The summed E-state index contributed by atoms with van der Waals surface area (Å²) < 4.78 is 2.72. The molecule has 0 aliphatic heterocycles. The molecular weight excluding hydrogens is 681 g/mol. The number of benzene rings is 8. The van der Waals surface area contributed by atoms with Gasteiger partial charge in [0.2, 0.25) is 0 Å². The van der Waals surface area contributed by atoms with Gasteiger partial charge in [-0.05, 0) is 84.8 Å². The average molecular weight is 721 g/mol. The highest BCUT2D eigenvalue weighted by molar-refractivity contribution is 7.26. The number of thiophene rings is 1. The summed E-state index contributed by atoms with van der Waals surface area (Å²) in [7, 11) is 0. The monoisotopic (exact) mass is 720 g/mol. The maximum Gasteiger partial charge on any atom is 0.0714 e. The summed E-state index contributed by atoms with van der Waals surface area (Å²) in [5, 5.41) is 2.67. The first-order chi connectivity index (χ1) is 27.0. The van der Waals surface area contributed by atoms with E-state index in [4.69, 9.17) is 0 Å². The summed E-state index contributed by atoms with van der Waals surface area (Å²) in [5.41, 5.74) is 17.4. The van der Waals surface area contributed by atoms with Gasteiger partial charge in [-0.25, -0.2) is 0 Å². The van der Waals surface area contributed by atoms with Crippen molar-refractivity contribution >= 4 is 31.5 Å². The Bertz CT molecular complexity index is 2880. The summed E-state index contributed by atoms with van der Waals surface area (Å²) in [6.45, 7) is 4.76. The minimum atomic E-state index is -0.411. The fourth-order valence-electron chi connectivity index (χ4n) is 10.4. The molecule has 0 bridgehead atoms. The van der Waals surface area contributed by atoms with Crippen LogP contribution < -0.4 is 0 Å². The van der Waals surface area contributed by atoms with Crippen LogP contribution in [-0.2, 0) is 17.3 Å². The van der Waals surface area contributed by atoms with Gasteiger partial charge in [0.05, 0.1) is 5.41 Å². The molecule has 2 aliphatic rings. The van der Waals surface area contributed by atoms with Gasteiger partial charge in [-0.3, -0.25) is 0 Å². The van der Waals surface area contributed by atoms with Gasteiger partial charge < -0.3 is 0 Å². The van der Waals surface area contributed by atoms with Crippen molar-refractivity contribution in [1.29, 1.82) is 0 Å². The largest absolute Gasteiger partial charge is 0.135 e. The van der Waals surface area contributed by atoms with Crippen LogP contribution in [0.3, 0.4) is 0 Å². The third kappa shape index (κ3) is 4.63. The van der Waals surface area contributed by atoms with Crippen molar-refractivity contribution in [3.05, 3.63) is 238 Å². The molecule has 1 aromatic heterocycles. The van der Waals surface area contributed by atoms with Gasteiger partial charge in [-0.2, -0.15) is 0 Å². The molecule has 0 saturated heterocycles. The predicted molar refractivity (Wildman–Crippen MR) is 233 cm³/mol. The standard InChI is InChI=1S/C54H40S/c1-53(2)46-27-12-11-24-44(46)51-36(19-15-30-49(51)53)33-45(35-17-5-3-6-18-35)43-26-16-25-42-41-32-31-38(34-50(41)55-52(42)43)54(37-20-7-4-8-21-37)47-28-13-9-22-39(47)40-23-10-14-29-48(40)54/h3-32,34,45H,33H2,1-2H3. The zero-order valence-electron chi connectivity index (χ0n) is 31.1. The zero-order chi connectivity index (χ0) is 36.7. The van der Waals surface area contributed by atoms with Crippen LogP contribution in [0.5, 0.6) is 0 Å². The lowest BCUT2D eigenvalue weighted by molar-refractivity contribution is 0.659. The third-order valence-corrected chi connectivity index (χ3v) is 14.0. The van der Waals surface area contributed by atoms with E-state index in [9.17, 15) is 0 Å². The Morgan fingerprint density at radius 1 is 0.473 bits per heavy atom. The number of rotatable bonds is 6. The molecule has 1 heterocycles. The molecule has 0 radical (unpaired) electrons. The lowest BCUT2D eigenvalue weighted by Crippen LogP contribution is -2.28. The van der Waals surface area contributed by atoms with Crippen molar-refractivity contribution < 1.29 is 0 Å². The van der Waals surface area contributed by atoms with Crippen LogP contribution in [-0.4, -0.2) is 0 Å². The molecule has 0 spiro atoms. The molecular formula is C54H40S. The lowest BCUT2D eigenvalue weighted by atomic mass is 9.67. The smallest absolute Gasteiger partial charge is 0.0714 e. The Balaban J connectivity index is 1.11. The predicted octanol–water partition coefficient (Wildman–Crippen LogP) is 14.1. The van der Waals surface area contributed by atoms with Crippen LogP contribution in [0.1, 0.15) is 69.8 Å². The normalized spacial score (nSPS) is 15.0. The average Bonchev–Trinajstić information content (AvgIpc) is 3.85. The Morgan fingerprint density at radius 3 is 1.80 bits per heavy atom. The first-order valence-electron chi connectivity index (χ1n) is 19.5. The zero-order valence-corrected chi connectivity index (χ0v) is 31.9. The van der Waals surface area contributed by atoms with E-state index in [0.29, 0.717) is 0 Å². The van der Waals surface area contributed by atoms with Gasteiger partial charge in [-0.15, -0.1) is 11.3 Å². The second-order valence-electron chi connectivity index (χ2n) is 15.9. The van der Waals surface area contributed by atoms with Crippen molar-refractivity contribution in [3.63, 3.8) is 0 Å². The van der Waals surface area contributed by atoms with Crippen LogP contribution >= 0.6 is 11.3 Å². The van der Waals surface area contributed by atoms with E-state index < -0.39 is 5.41 Å². The van der Waals surface area contributed by atoms with Crippen molar-refractivity contribution in [1.82, 2.24) is 0 Å². The Labute approximate surface area is 327 Å². The summed E-state index contributed by atoms with van der Waals surface area (Å²) in [4.78, 5) is 0. The molecule has 2 aliphatic carbocycles. The van der Waals surface area contributed by atoms with E-state index in [0.717, 1.165) is 6.42 Å². The molecule has 1 atom stereocenters. The van der Waals surface area contributed by atoms with Crippen LogP contribution in [0.2, 0.25) is 0 Å². The van der Waals surface area contributed by atoms with Crippen LogP contribution in [0.25, 0.3) is 42.4 Å². The number of fused-ring (bicyclic) bond motifs is 9. The molecule has 11 rings (SSSR count). The quantitative estimate of drug-likeness (QED) is 0.160. The van der Waals surface area contributed by atoms with Gasteiger partial charge >= 0.3 is 0 Å². The van der Waals surface area contributed by atoms with Gasteiger partial charge in [0.25, 0.3) is 0 Å². The van der Waals surface area contributed by atoms with E-state index in [2.05, 4.69) is 202 Å². The maximum absolute atomic E-state index is 2.51. The Morgan fingerprint density at radius 2 is 1.07 bits per heavy atom.